The van der Waals surface area contributed by atoms with E-state index in [1.54, 1.807) is 0 Å². The van der Waals surface area contributed by atoms with E-state index in [9.17, 15) is 31.9 Å². The number of hydrogen-bond donors (Lipinski definition) is 2. The zero-order valence-corrected chi connectivity index (χ0v) is 16.2. The molecule has 164 valence electrons. The lowest BCUT2D eigenvalue weighted by Gasteiger charge is -2.42. The van der Waals surface area contributed by atoms with Crippen LogP contribution in [0.5, 0.6) is 0 Å². The van der Waals surface area contributed by atoms with Crippen LogP contribution in [0.25, 0.3) is 0 Å². The number of amides is 3. The Kier molecular flexibility index (Phi) is 5.96. The van der Waals surface area contributed by atoms with Gasteiger partial charge in [0.2, 0.25) is 5.91 Å². The van der Waals surface area contributed by atoms with Gasteiger partial charge in [-0.15, -0.1) is 0 Å². The van der Waals surface area contributed by atoms with Crippen LogP contribution in [0.3, 0.4) is 0 Å². The molecule has 1 aliphatic heterocycles. The first-order valence-corrected chi connectivity index (χ1v) is 9.19. The maximum Gasteiger partial charge on any atom is 0.313 e. The lowest BCUT2D eigenvalue weighted by atomic mass is 9.86. The molecule has 1 saturated heterocycles. The number of carbonyl (C=O) groups excluding carboxylic acids is 3. The van der Waals surface area contributed by atoms with Gasteiger partial charge in [-0.05, 0) is 23.8 Å². The number of likely N-dealkylation sites (tertiary alicyclic amines) is 1. The van der Waals surface area contributed by atoms with E-state index in [1.807, 2.05) is 0 Å². The van der Waals surface area contributed by atoms with Crippen LogP contribution >= 0.6 is 0 Å². The summed E-state index contributed by atoms with van der Waals surface area (Å²) in [5, 5.41) is 2.24. The molecule has 11 heteroatoms. The fourth-order valence-electron chi connectivity index (χ4n) is 3.32. The van der Waals surface area contributed by atoms with Crippen molar-refractivity contribution in [3.8, 4) is 0 Å². The van der Waals surface area contributed by atoms with Crippen LogP contribution in [0.2, 0.25) is 0 Å². The number of hydrogen-bond acceptors (Lipinski definition) is 4. The van der Waals surface area contributed by atoms with Crippen LogP contribution in [-0.2, 0) is 9.59 Å². The van der Waals surface area contributed by atoms with E-state index in [-0.39, 0.29) is 16.8 Å². The molecule has 1 fully saturated rings. The van der Waals surface area contributed by atoms with Crippen molar-refractivity contribution in [2.75, 3.05) is 11.9 Å². The van der Waals surface area contributed by atoms with E-state index in [0.717, 1.165) is 35.5 Å². The summed E-state index contributed by atoms with van der Waals surface area (Å²) in [5.74, 6) is -10.0. The number of aromatic nitrogens is 1. The van der Waals surface area contributed by atoms with Gasteiger partial charge in [0.25, 0.3) is 5.92 Å². The first-order chi connectivity index (χ1) is 14.5. The van der Waals surface area contributed by atoms with Crippen molar-refractivity contribution in [2.45, 2.75) is 25.3 Å². The second-order valence-corrected chi connectivity index (χ2v) is 7.29. The van der Waals surface area contributed by atoms with Crippen molar-refractivity contribution in [3.63, 3.8) is 0 Å². The van der Waals surface area contributed by atoms with Crippen molar-refractivity contribution >= 4 is 23.4 Å². The number of primary amides is 1. The van der Waals surface area contributed by atoms with Gasteiger partial charge in [0.05, 0.1) is 23.5 Å². The number of benzene rings is 1. The van der Waals surface area contributed by atoms with Crippen molar-refractivity contribution in [1.29, 1.82) is 0 Å². The SMILES string of the molecule is C[C@H]1CN(C(=O)C(=O)Nc2cncc(C(N)=O)c2)[C@H](c2ccc(F)c(F)c2)CC1(F)F. The van der Waals surface area contributed by atoms with Crippen LogP contribution in [0.4, 0.5) is 23.2 Å². The third-order valence-corrected chi connectivity index (χ3v) is 5.10. The highest BCUT2D eigenvalue weighted by Crippen LogP contribution is 2.43. The molecule has 3 rings (SSSR count). The van der Waals surface area contributed by atoms with Gasteiger partial charge in [-0.25, -0.2) is 17.6 Å². The lowest BCUT2D eigenvalue weighted by Crippen LogP contribution is -2.52. The first kappa shape index (κ1) is 22.2. The predicted molar refractivity (Wildman–Crippen MR) is 101 cm³/mol. The number of nitrogens with two attached hydrogens (primary N) is 1. The van der Waals surface area contributed by atoms with E-state index >= 15 is 0 Å². The fraction of sp³-hybridized carbons (Fsp3) is 0.300. The Bertz CT molecular complexity index is 1050. The maximum absolute atomic E-state index is 14.4. The minimum atomic E-state index is -3.19. The summed E-state index contributed by atoms with van der Waals surface area (Å²) in [4.78, 5) is 41.2. The number of nitrogens with zero attached hydrogens (tertiary/aromatic N) is 2. The number of alkyl halides is 2. The summed E-state index contributed by atoms with van der Waals surface area (Å²) in [6.07, 6.45) is 1.46. The maximum atomic E-state index is 14.4. The van der Waals surface area contributed by atoms with Crippen LogP contribution in [0.15, 0.2) is 36.7 Å². The van der Waals surface area contributed by atoms with E-state index < -0.39 is 60.2 Å². The molecule has 1 aromatic carbocycles. The zero-order chi connectivity index (χ0) is 22.9. The molecule has 0 unspecified atom stereocenters. The molecule has 0 saturated carbocycles. The molecular formula is C20H18F4N4O3. The summed E-state index contributed by atoms with van der Waals surface area (Å²) >= 11 is 0. The topological polar surface area (TPSA) is 105 Å². The number of halogens is 4. The molecule has 0 spiro atoms. The average Bonchev–Trinajstić information content (AvgIpc) is 2.71. The predicted octanol–water partition coefficient (Wildman–Crippen LogP) is 2.64. The average molecular weight is 438 g/mol. The van der Waals surface area contributed by atoms with Crippen molar-refractivity contribution in [3.05, 3.63) is 59.4 Å². The number of anilines is 1. The summed E-state index contributed by atoms with van der Waals surface area (Å²) in [5.41, 5.74) is 5.05. The molecule has 1 aliphatic rings. The van der Waals surface area contributed by atoms with E-state index in [2.05, 4.69) is 10.3 Å². The first-order valence-electron chi connectivity index (χ1n) is 9.19. The van der Waals surface area contributed by atoms with Gasteiger partial charge in [-0.1, -0.05) is 13.0 Å². The molecule has 3 amide bonds. The van der Waals surface area contributed by atoms with Gasteiger partial charge in [-0.2, -0.15) is 0 Å². The fourth-order valence-corrected chi connectivity index (χ4v) is 3.32. The van der Waals surface area contributed by atoms with E-state index in [1.165, 1.54) is 13.0 Å². The normalized spacial score (nSPS) is 20.2. The van der Waals surface area contributed by atoms with Gasteiger partial charge >= 0.3 is 11.8 Å². The molecule has 2 heterocycles. The van der Waals surface area contributed by atoms with Crippen LogP contribution < -0.4 is 11.1 Å². The summed E-state index contributed by atoms with van der Waals surface area (Å²) in [6, 6.07) is 2.43. The van der Waals surface area contributed by atoms with E-state index in [4.69, 9.17) is 5.73 Å². The quantitative estimate of drug-likeness (QED) is 0.568. The number of rotatable bonds is 3. The number of piperidine rings is 1. The van der Waals surface area contributed by atoms with Gasteiger partial charge in [-0.3, -0.25) is 19.4 Å². The van der Waals surface area contributed by atoms with Crippen LogP contribution in [0.1, 0.15) is 35.3 Å². The third-order valence-electron chi connectivity index (χ3n) is 5.10. The Morgan fingerprint density at radius 2 is 1.87 bits per heavy atom. The Morgan fingerprint density at radius 3 is 2.52 bits per heavy atom. The Balaban J connectivity index is 1.88. The van der Waals surface area contributed by atoms with Gasteiger partial charge < -0.3 is 16.0 Å². The highest BCUT2D eigenvalue weighted by atomic mass is 19.3. The van der Waals surface area contributed by atoms with E-state index in [0.29, 0.717) is 0 Å². The minimum absolute atomic E-state index is 0.00517. The molecule has 7 nitrogen and oxygen atoms in total. The lowest BCUT2D eigenvalue weighted by molar-refractivity contribution is -0.159. The van der Waals surface area contributed by atoms with Crippen molar-refractivity contribution < 1.29 is 31.9 Å². The number of nitrogens with one attached hydrogen (secondary N) is 1. The van der Waals surface area contributed by atoms with Gasteiger partial charge in [0.1, 0.15) is 0 Å². The monoisotopic (exact) mass is 438 g/mol. The van der Waals surface area contributed by atoms with Gasteiger partial charge in [0, 0.05) is 25.1 Å². The molecule has 0 aliphatic carbocycles. The molecule has 2 aromatic rings. The Hall–Kier alpha value is -3.50. The van der Waals surface area contributed by atoms with Crippen molar-refractivity contribution in [1.82, 2.24) is 9.88 Å². The van der Waals surface area contributed by atoms with Crippen LogP contribution in [-0.4, -0.2) is 40.1 Å². The minimum Gasteiger partial charge on any atom is -0.366 e. The third kappa shape index (κ3) is 4.65. The smallest absolute Gasteiger partial charge is 0.313 e. The number of carbonyl (C=O) groups is 3. The molecule has 0 radical (unpaired) electrons. The highest BCUT2D eigenvalue weighted by molar-refractivity contribution is 6.39. The van der Waals surface area contributed by atoms with Crippen molar-refractivity contribution in [2.24, 2.45) is 11.7 Å². The summed E-state index contributed by atoms with van der Waals surface area (Å²) in [6.45, 7) is 0.738. The Morgan fingerprint density at radius 1 is 1.16 bits per heavy atom. The molecular weight excluding hydrogens is 420 g/mol. The second kappa shape index (κ2) is 8.32. The number of pyridine rings is 1. The molecule has 3 N–H and O–H groups in total. The Labute approximate surface area is 174 Å². The zero-order valence-electron chi connectivity index (χ0n) is 16.2. The molecule has 2 atom stereocenters. The van der Waals surface area contributed by atoms with Gasteiger partial charge in [0.15, 0.2) is 11.6 Å². The molecule has 1 aromatic heterocycles. The largest absolute Gasteiger partial charge is 0.366 e. The highest BCUT2D eigenvalue weighted by Gasteiger charge is 2.48. The standard InChI is InChI=1S/C20H18F4N4O3/c1-10-9-28(16(6-20(10,23)24)11-2-3-14(21)15(22)5-11)19(31)18(30)27-13-4-12(17(25)29)7-26-8-13/h2-5,7-8,10,16H,6,9H2,1H3,(H2,25,29)(H,27,30)/t10-,16-/m0/s1. The second-order valence-electron chi connectivity index (χ2n) is 7.29. The summed E-state index contributed by atoms with van der Waals surface area (Å²) < 4.78 is 55.7. The summed E-state index contributed by atoms with van der Waals surface area (Å²) in [7, 11) is 0. The van der Waals surface area contributed by atoms with Crippen LogP contribution in [0, 0.1) is 17.6 Å². The molecule has 0 bridgehead atoms. The molecule has 31 heavy (non-hydrogen) atoms.